The van der Waals surface area contributed by atoms with Crippen LogP contribution >= 0.6 is 12.4 Å². The molecule has 2 atom stereocenters. The number of amides is 1. The highest BCUT2D eigenvalue weighted by atomic mass is 35.5. The van der Waals surface area contributed by atoms with E-state index in [4.69, 9.17) is 10.2 Å². The topological polar surface area (TPSA) is 59.5 Å². The molecule has 1 aliphatic rings. The molecule has 1 amide bonds. The van der Waals surface area contributed by atoms with Crippen LogP contribution in [0.25, 0.3) is 11.3 Å². The fraction of sp³-hybridized carbons (Fsp3) is 0.389. The van der Waals surface area contributed by atoms with Crippen molar-refractivity contribution in [2.75, 3.05) is 6.54 Å². The molecule has 1 aromatic heterocycles. The van der Waals surface area contributed by atoms with Crippen LogP contribution in [0.1, 0.15) is 36.7 Å². The lowest BCUT2D eigenvalue weighted by molar-refractivity contribution is 0.0552. The smallest absolute Gasteiger partial charge is 0.289 e. The lowest BCUT2D eigenvalue weighted by atomic mass is 9.96. The number of piperidine rings is 1. The summed E-state index contributed by atoms with van der Waals surface area (Å²) in [7, 11) is 0. The lowest BCUT2D eigenvalue weighted by Gasteiger charge is -2.37. The summed E-state index contributed by atoms with van der Waals surface area (Å²) in [6.07, 6.45) is 2.95. The molecule has 0 bridgehead atoms. The van der Waals surface area contributed by atoms with Gasteiger partial charge in [0.05, 0.1) is 5.56 Å². The predicted molar refractivity (Wildman–Crippen MR) is 93.7 cm³/mol. The van der Waals surface area contributed by atoms with E-state index in [1.54, 1.807) is 35.2 Å². The molecule has 1 saturated heterocycles. The summed E-state index contributed by atoms with van der Waals surface area (Å²) in [5.41, 5.74) is 6.37. The Morgan fingerprint density at radius 3 is 2.75 bits per heavy atom. The second-order valence-corrected chi connectivity index (χ2v) is 6.06. The number of halogens is 2. The molecule has 4 nitrogen and oxygen atoms in total. The van der Waals surface area contributed by atoms with Crippen LogP contribution in [-0.4, -0.2) is 29.4 Å². The van der Waals surface area contributed by atoms with Gasteiger partial charge in [-0.1, -0.05) is 12.1 Å². The number of carbonyl (C=O) groups excluding carboxylic acids is 1. The first-order valence-electron chi connectivity index (χ1n) is 7.99. The van der Waals surface area contributed by atoms with Crippen LogP contribution in [0.2, 0.25) is 0 Å². The van der Waals surface area contributed by atoms with Gasteiger partial charge in [-0.05, 0) is 50.5 Å². The molecule has 0 spiro atoms. The summed E-state index contributed by atoms with van der Waals surface area (Å²) in [4.78, 5) is 14.5. The van der Waals surface area contributed by atoms with Crippen molar-refractivity contribution in [3.8, 4) is 11.3 Å². The monoisotopic (exact) mass is 352 g/mol. The maximum absolute atomic E-state index is 13.8. The number of carbonyl (C=O) groups is 1. The van der Waals surface area contributed by atoms with E-state index in [9.17, 15) is 9.18 Å². The van der Waals surface area contributed by atoms with Crippen LogP contribution in [0.4, 0.5) is 4.39 Å². The van der Waals surface area contributed by atoms with E-state index in [1.165, 1.54) is 6.07 Å². The second-order valence-electron chi connectivity index (χ2n) is 6.06. The SMILES string of the molecule is CC(N)C1CCCCN1C(=O)c1ccc(-c2ccccc2F)o1.Cl. The molecule has 24 heavy (non-hydrogen) atoms. The third-order valence-electron chi connectivity index (χ3n) is 4.37. The lowest BCUT2D eigenvalue weighted by Crippen LogP contribution is -2.51. The normalized spacial score (nSPS) is 18.8. The van der Waals surface area contributed by atoms with Crippen molar-refractivity contribution in [2.45, 2.75) is 38.3 Å². The number of rotatable bonds is 3. The van der Waals surface area contributed by atoms with Crippen LogP contribution in [0.3, 0.4) is 0 Å². The molecular formula is C18H22ClFN2O2. The minimum atomic E-state index is -0.368. The molecule has 0 radical (unpaired) electrons. The maximum Gasteiger partial charge on any atom is 0.289 e. The Morgan fingerprint density at radius 2 is 2.04 bits per heavy atom. The van der Waals surface area contributed by atoms with Crippen LogP contribution in [0.5, 0.6) is 0 Å². The van der Waals surface area contributed by atoms with Gasteiger partial charge in [-0.25, -0.2) is 4.39 Å². The number of likely N-dealkylation sites (tertiary alicyclic amines) is 1. The van der Waals surface area contributed by atoms with Crippen LogP contribution in [-0.2, 0) is 0 Å². The van der Waals surface area contributed by atoms with Crippen molar-refractivity contribution in [1.29, 1.82) is 0 Å². The van der Waals surface area contributed by atoms with Gasteiger partial charge >= 0.3 is 0 Å². The summed E-state index contributed by atoms with van der Waals surface area (Å²) in [5, 5.41) is 0. The van der Waals surface area contributed by atoms with Gasteiger partial charge in [-0.3, -0.25) is 4.79 Å². The van der Waals surface area contributed by atoms with Crippen LogP contribution in [0.15, 0.2) is 40.8 Å². The molecule has 2 heterocycles. The summed E-state index contributed by atoms with van der Waals surface area (Å²) >= 11 is 0. The summed E-state index contributed by atoms with van der Waals surface area (Å²) in [6.45, 7) is 2.60. The zero-order valence-corrected chi connectivity index (χ0v) is 14.4. The minimum Gasteiger partial charge on any atom is -0.451 e. The van der Waals surface area contributed by atoms with E-state index in [1.807, 2.05) is 6.92 Å². The average molecular weight is 353 g/mol. The molecule has 1 fully saturated rings. The third kappa shape index (κ3) is 3.62. The summed E-state index contributed by atoms with van der Waals surface area (Å²) in [5.74, 6) is 0.0541. The number of furan rings is 1. The summed E-state index contributed by atoms with van der Waals surface area (Å²) in [6, 6.07) is 9.55. The van der Waals surface area contributed by atoms with Gasteiger partial charge in [0, 0.05) is 18.6 Å². The Labute approximate surface area is 147 Å². The van der Waals surface area contributed by atoms with E-state index < -0.39 is 0 Å². The number of hydrogen-bond acceptors (Lipinski definition) is 3. The fourth-order valence-corrected chi connectivity index (χ4v) is 3.16. The molecule has 0 aliphatic carbocycles. The Balaban J connectivity index is 0.00000208. The van der Waals surface area contributed by atoms with Gasteiger partial charge in [0.25, 0.3) is 5.91 Å². The van der Waals surface area contributed by atoms with Gasteiger partial charge < -0.3 is 15.1 Å². The predicted octanol–water partition coefficient (Wildman–Crippen LogP) is 3.85. The van der Waals surface area contributed by atoms with Crippen molar-refractivity contribution in [2.24, 2.45) is 5.73 Å². The Morgan fingerprint density at radius 1 is 1.29 bits per heavy atom. The number of benzene rings is 1. The minimum absolute atomic E-state index is 0. The zero-order valence-electron chi connectivity index (χ0n) is 13.6. The molecular weight excluding hydrogens is 331 g/mol. The highest BCUT2D eigenvalue weighted by molar-refractivity contribution is 5.92. The van der Waals surface area contributed by atoms with Crippen LogP contribution in [0, 0.1) is 5.82 Å². The molecule has 6 heteroatoms. The highest BCUT2D eigenvalue weighted by Crippen LogP contribution is 2.27. The number of nitrogens with two attached hydrogens (primary N) is 1. The van der Waals surface area contributed by atoms with Gasteiger partial charge in [0.15, 0.2) is 5.76 Å². The molecule has 3 rings (SSSR count). The van der Waals surface area contributed by atoms with E-state index in [0.717, 1.165) is 19.3 Å². The van der Waals surface area contributed by atoms with Crippen LogP contribution < -0.4 is 5.73 Å². The van der Waals surface area contributed by atoms with E-state index in [0.29, 0.717) is 17.9 Å². The number of nitrogens with zero attached hydrogens (tertiary/aromatic N) is 1. The molecule has 130 valence electrons. The van der Waals surface area contributed by atoms with Crippen molar-refractivity contribution in [1.82, 2.24) is 4.90 Å². The third-order valence-corrected chi connectivity index (χ3v) is 4.37. The Kier molecular flexibility index (Phi) is 6.02. The standard InChI is InChI=1S/C18H21FN2O2.ClH/c1-12(20)15-8-4-5-11-21(15)18(22)17-10-9-16(23-17)13-6-2-3-7-14(13)19;/h2-3,6-7,9-10,12,15H,4-5,8,11,20H2,1H3;1H. The van der Waals surface area contributed by atoms with E-state index >= 15 is 0 Å². The molecule has 1 aromatic carbocycles. The molecule has 2 N–H and O–H groups in total. The Hall–Kier alpha value is -1.85. The maximum atomic E-state index is 13.8. The van der Waals surface area contributed by atoms with Crippen molar-refractivity contribution >= 4 is 18.3 Å². The highest BCUT2D eigenvalue weighted by Gasteiger charge is 2.31. The first kappa shape index (κ1) is 18.5. The first-order chi connectivity index (χ1) is 11.1. The molecule has 2 unspecified atom stereocenters. The van der Waals surface area contributed by atoms with Crippen molar-refractivity contribution < 1.29 is 13.6 Å². The second kappa shape index (κ2) is 7.81. The van der Waals surface area contributed by atoms with Gasteiger partial charge in [0.1, 0.15) is 11.6 Å². The van der Waals surface area contributed by atoms with Gasteiger partial charge in [0.2, 0.25) is 0 Å². The van der Waals surface area contributed by atoms with Gasteiger partial charge in [-0.2, -0.15) is 0 Å². The van der Waals surface area contributed by atoms with E-state index in [2.05, 4.69) is 0 Å². The van der Waals surface area contributed by atoms with Crippen molar-refractivity contribution in [3.05, 3.63) is 48.0 Å². The van der Waals surface area contributed by atoms with E-state index in [-0.39, 0.29) is 42.0 Å². The quantitative estimate of drug-likeness (QED) is 0.912. The average Bonchev–Trinajstić information content (AvgIpc) is 3.04. The molecule has 0 saturated carbocycles. The Bertz CT molecular complexity index is 702. The number of hydrogen-bond donors (Lipinski definition) is 1. The largest absolute Gasteiger partial charge is 0.451 e. The summed E-state index contributed by atoms with van der Waals surface area (Å²) < 4.78 is 19.5. The first-order valence-corrected chi connectivity index (χ1v) is 7.99. The zero-order chi connectivity index (χ0) is 16.4. The molecule has 1 aliphatic heterocycles. The molecule has 2 aromatic rings. The van der Waals surface area contributed by atoms with Gasteiger partial charge in [-0.15, -0.1) is 12.4 Å². The van der Waals surface area contributed by atoms with Crippen molar-refractivity contribution in [3.63, 3.8) is 0 Å². The fourth-order valence-electron chi connectivity index (χ4n) is 3.16.